The lowest BCUT2D eigenvalue weighted by Gasteiger charge is -2.27. The van der Waals surface area contributed by atoms with Gasteiger partial charge in [-0.05, 0) is 32.9 Å². The lowest BCUT2D eigenvalue weighted by atomic mass is 10.1. The zero-order chi connectivity index (χ0) is 14.9. The fraction of sp³-hybridized carbons (Fsp3) is 0.571. The number of rotatable bonds is 3. The Morgan fingerprint density at radius 3 is 2.71 bits per heavy atom. The van der Waals surface area contributed by atoms with Crippen molar-refractivity contribution in [2.24, 2.45) is 0 Å². The Hall–Kier alpha value is -2.02. The molecule has 21 heavy (non-hydrogen) atoms. The van der Waals surface area contributed by atoms with E-state index >= 15 is 0 Å². The summed E-state index contributed by atoms with van der Waals surface area (Å²) in [5.74, 6) is 1.87. The van der Waals surface area contributed by atoms with Crippen molar-refractivity contribution in [3.05, 3.63) is 30.0 Å². The van der Waals surface area contributed by atoms with E-state index in [2.05, 4.69) is 55.9 Å². The Bertz CT molecular complexity index is 597. The first-order valence-corrected chi connectivity index (χ1v) is 7.20. The van der Waals surface area contributed by atoms with Gasteiger partial charge in [-0.2, -0.15) is 5.10 Å². The number of nitrogens with zero attached hydrogens (tertiary/aromatic N) is 6. The summed E-state index contributed by atoms with van der Waals surface area (Å²) in [6.07, 6.45) is 1.78. The Morgan fingerprint density at radius 1 is 1.14 bits per heavy atom. The highest BCUT2D eigenvalue weighted by Gasteiger charge is 2.19. The molecule has 0 amide bonds. The van der Waals surface area contributed by atoms with Crippen LogP contribution in [0.15, 0.2) is 18.5 Å². The maximum absolute atomic E-state index is 4.34. The molecule has 0 unspecified atom stereocenters. The first kappa shape index (κ1) is 13.9. The van der Waals surface area contributed by atoms with E-state index in [0.717, 1.165) is 43.5 Å². The molecule has 0 aliphatic carbocycles. The highest BCUT2D eigenvalue weighted by molar-refractivity contribution is 5.38. The van der Waals surface area contributed by atoms with Crippen LogP contribution in [0.5, 0.6) is 0 Å². The van der Waals surface area contributed by atoms with Crippen LogP contribution in [-0.2, 0) is 19.6 Å². The molecule has 0 saturated carbocycles. The molecule has 0 radical (unpaired) electrons. The molecule has 3 rings (SSSR count). The van der Waals surface area contributed by atoms with Crippen molar-refractivity contribution in [2.45, 2.75) is 45.9 Å². The van der Waals surface area contributed by atoms with Gasteiger partial charge in [0.1, 0.15) is 6.33 Å². The maximum Gasteiger partial charge on any atom is 0.152 e. The fourth-order valence-electron chi connectivity index (χ4n) is 2.23. The number of hydrogen-bond donors (Lipinski definition) is 1. The molecule has 3 heterocycles. The third-order valence-electron chi connectivity index (χ3n) is 3.47. The highest BCUT2D eigenvalue weighted by atomic mass is 15.3. The van der Waals surface area contributed by atoms with Crippen molar-refractivity contribution in [3.8, 4) is 0 Å². The van der Waals surface area contributed by atoms with Gasteiger partial charge < -0.3 is 14.8 Å². The third-order valence-corrected chi connectivity index (χ3v) is 3.47. The Morgan fingerprint density at radius 2 is 2.00 bits per heavy atom. The van der Waals surface area contributed by atoms with Crippen molar-refractivity contribution in [1.82, 2.24) is 30.3 Å². The number of aromatic nitrogens is 5. The minimum Gasteiger partial charge on any atom is -0.346 e. The summed E-state index contributed by atoms with van der Waals surface area (Å²) in [6.45, 7) is 9.66. The second kappa shape index (κ2) is 5.40. The molecule has 0 saturated heterocycles. The second-order valence-electron chi connectivity index (χ2n) is 6.35. The molecule has 2 aromatic rings. The second-order valence-corrected chi connectivity index (χ2v) is 6.35. The van der Waals surface area contributed by atoms with Crippen LogP contribution in [0.2, 0.25) is 0 Å². The van der Waals surface area contributed by atoms with Crippen LogP contribution in [0.4, 0.5) is 5.82 Å². The predicted octanol–water partition coefficient (Wildman–Crippen LogP) is 0.976. The molecule has 0 bridgehead atoms. The topological polar surface area (TPSA) is 71.8 Å². The summed E-state index contributed by atoms with van der Waals surface area (Å²) >= 11 is 0. The van der Waals surface area contributed by atoms with E-state index in [9.17, 15) is 0 Å². The summed E-state index contributed by atoms with van der Waals surface area (Å²) in [7, 11) is 0. The SMILES string of the molecule is CC(C)(C)NCc1ccc(N2CCn3cnnc3C2)nn1. The summed E-state index contributed by atoms with van der Waals surface area (Å²) in [5, 5.41) is 20.1. The summed E-state index contributed by atoms with van der Waals surface area (Å²) in [4.78, 5) is 2.18. The van der Waals surface area contributed by atoms with Crippen molar-refractivity contribution in [3.63, 3.8) is 0 Å². The molecule has 2 aromatic heterocycles. The molecular formula is C14H21N7. The molecule has 7 heteroatoms. The minimum atomic E-state index is 0.0807. The van der Waals surface area contributed by atoms with Crippen LogP contribution in [0.1, 0.15) is 32.3 Å². The number of fused-ring (bicyclic) bond motifs is 1. The van der Waals surface area contributed by atoms with Crippen LogP contribution in [0.3, 0.4) is 0 Å². The van der Waals surface area contributed by atoms with E-state index in [4.69, 9.17) is 0 Å². The van der Waals surface area contributed by atoms with Crippen LogP contribution < -0.4 is 10.2 Å². The Labute approximate surface area is 124 Å². The summed E-state index contributed by atoms with van der Waals surface area (Å²) in [5.41, 5.74) is 1.03. The lowest BCUT2D eigenvalue weighted by Crippen LogP contribution is -2.36. The fourth-order valence-corrected chi connectivity index (χ4v) is 2.23. The normalized spacial score (nSPS) is 15.1. The zero-order valence-corrected chi connectivity index (χ0v) is 12.7. The van der Waals surface area contributed by atoms with Gasteiger partial charge in [0, 0.05) is 25.2 Å². The summed E-state index contributed by atoms with van der Waals surface area (Å²) in [6, 6.07) is 4.05. The highest BCUT2D eigenvalue weighted by Crippen LogP contribution is 2.16. The quantitative estimate of drug-likeness (QED) is 0.907. The minimum absolute atomic E-state index is 0.0807. The zero-order valence-electron chi connectivity index (χ0n) is 12.7. The average molecular weight is 287 g/mol. The van der Waals surface area contributed by atoms with Gasteiger partial charge in [0.15, 0.2) is 11.6 Å². The van der Waals surface area contributed by atoms with E-state index in [1.165, 1.54) is 0 Å². The van der Waals surface area contributed by atoms with Gasteiger partial charge in [-0.25, -0.2) is 0 Å². The van der Waals surface area contributed by atoms with Crippen molar-refractivity contribution in [2.75, 3.05) is 11.4 Å². The maximum atomic E-state index is 4.34. The van der Waals surface area contributed by atoms with Gasteiger partial charge >= 0.3 is 0 Å². The average Bonchev–Trinajstić information content (AvgIpc) is 2.92. The molecule has 0 fully saturated rings. The van der Waals surface area contributed by atoms with Crippen LogP contribution in [0.25, 0.3) is 0 Å². The van der Waals surface area contributed by atoms with E-state index < -0.39 is 0 Å². The molecule has 0 atom stereocenters. The Kier molecular flexibility index (Phi) is 3.59. The van der Waals surface area contributed by atoms with Gasteiger partial charge in [-0.15, -0.1) is 15.3 Å². The number of anilines is 1. The molecule has 1 aliphatic heterocycles. The first-order chi connectivity index (χ1) is 10.0. The van der Waals surface area contributed by atoms with Gasteiger partial charge in [-0.3, -0.25) is 0 Å². The lowest BCUT2D eigenvalue weighted by molar-refractivity contribution is 0.420. The molecule has 1 aliphatic rings. The van der Waals surface area contributed by atoms with Crippen LogP contribution in [0, 0.1) is 0 Å². The summed E-state index contributed by atoms with van der Waals surface area (Å²) < 4.78 is 2.07. The molecule has 1 N–H and O–H groups in total. The van der Waals surface area contributed by atoms with Crippen LogP contribution >= 0.6 is 0 Å². The van der Waals surface area contributed by atoms with Crippen LogP contribution in [-0.4, -0.2) is 37.0 Å². The standard InChI is InChI=1S/C14H21N7/c1-14(2,3)15-8-11-4-5-12(19-17-11)20-6-7-21-10-16-18-13(21)9-20/h4-5,10,15H,6-9H2,1-3H3. The molecule has 0 spiro atoms. The van der Waals surface area contributed by atoms with Gasteiger partial charge in [-0.1, -0.05) is 0 Å². The predicted molar refractivity (Wildman–Crippen MR) is 79.7 cm³/mol. The smallest absolute Gasteiger partial charge is 0.152 e. The third kappa shape index (κ3) is 3.36. The van der Waals surface area contributed by atoms with E-state index in [0.29, 0.717) is 0 Å². The van der Waals surface area contributed by atoms with Gasteiger partial charge in [0.25, 0.3) is 0 Å². The number of hydrogen-bond acceptors (Lipinski definition) is 6. The van der Waals surface area contributed by atoms with Crippen molar-refractivity contribution < 1.29 is 0 Å². The Balaban J connectivity index is 1.65. The van der Waals surface area contributed by atoms with E-state index in [1.54, 1.807) is 6.33 Å². The van der Waals surface area contributed by atoms with Crippen molar-refractivity contribution in [1.29, 1.82) is 0 Å². The number of nitrogens with one attached hydrogen (secondary N) is 1. The molecular weight excluding hydrogens is 266 g/mol. The first-order valence-electron chi connectivity index (χ1n) is 7.20. The monoisotopic (exact) mass is 287 g/mol. The van der Waals surface area contributed by atoms with E-state index in [1.807, 2.05) is 12.1 Å². The molecule has 7 nitrogen and oxygen atoms in total. The molecule has 112 valence electrons. The van der Waals surface area contributed by atoms with E-state index in [-0.39, 0.29) is 5.54 Å². The van der Waals surface area contributed by atoms with Gasteiger partial charge in [0.05, 0.1) is 12.2 Å². The van der Waals surface area contributed by atoms with Gasteiger partial charge in [0.2, 0.25) is 0 Å². The molecule has 0 aromatic carbocycles. The van der Waals surface area contributed by atoms with Crippen molar-refractivity contribution >= 4 is 5.82 Å². The largest absolute Gasteiger partial charge is 0.346 e.